The number of thioether (sulfide) groups is 1. The summed E-state index contributed by atoms with van der Waals surface area (Å²) in [6.07, 6.45) is 1.55. The van der Waals surface area contributed by atoms with Crippen molar-refractivity contribution in [2.24, 2.45) is 7.05 Å². The summed E-state index contributed by atoms with van der Waals surface area (Å²) in [6, 6.07) is 4.00. The first-order chi connectivity index (χ1) is 10.9. The van der Waals surface area contributed by atoms with Crippen LogP contribution in [0.25, 0.3) is 0 Å². The molecule has 0 bridgehead atoms. The maximum Gasteiger partial charge on any atom is 0.273 e. The Hall–Kier alpha value is -2.62. The molecular formula is C13H15N5O4S. The van der Waals surface area contributed by atoms with Crippen molar-refractivity contribution in [3.63, 3.8) is 0 Å². The van der Waals surface area contributed by atoms with Gasteiger partial charge in [0.15, 0.2) is 5.16 Å². The lowest BCUT2D eigenvalue weighted by atomic mass is 10.2. The van der Waals surface area contributed by atoms with Crippen LogP contribution in [0.3, 0.4) is 0 Å². The van der Waals surface area contributed by atoms with E-state index in [-0.39, 0.29) is 17.3 Å². The Morgan fingerprint density at radius 2 is 2.26 bits per heavy atom. The number of amides is 1. The predicted molar refractivity (Wildman–Crippen MR) is 84.6 cm³/mol. The van der Waals surface area contributed by atoms with E-state index < -0.39 is 10.2 Å². The third kappa shape index (κ3) is 3.97. The first-order valence-corrected chi connectivity index (χ1v) is 7.44. The molecular weight excluding hydrogens is 322 g/mol. The minimum absolute atomic E-state index is 0.110. The number of hydrogen-bond acceptors (Lipinski definition) is 7. The fourth-order valence-electron chi connectivity index (χ4n) is 1.72. The van der Waals surface area contributed by atoms with E-state index in [2.05, 4.69) is 15.5 Å². The third-order valence-electron chi connectivity index (χ3n) is 2.98. The monoisotopic (exact) mass is 337 g/mol. The fourth-order valence-corrected chi connectivity index (χ4v) is 2.51. The highest BCUT2D eigenvalue weighted by molar-refractivity contribution is 8.00. The molecule has 9 nitrogen and oxygen atoms in total. The highest BCUT2D eigenvalue weighted by Crippen LogP contribution is 2.30. The van der Waals surface area contributed by atoms with Gasteiger partial charge in [-0.3, -0.25) is 14.9 Å². The molecule has 1 aromatic heterocycles. The number of carbonyl (C=O) groups is 1. The molecule has 1 amide bonds. The number of ether oxygens (including phenoxy) is 1. The Kier molecular flexibility index (Phi) is 5.16. The molecule has 0 unspecified atom stereocenters. The number of rotatable bonds is 6. The summed E-state index contributed by atoms with van der Waals surface area (Å²) in [5, 5.41) is 21.3. The van der Waals surface area contributed by atoms with E-state index in [0.29, 0.717) is 10.8 Å². The third-order valence-corrected chi connectivity index (χ3v) is 4.12. The average Bonchev–Trinajstić information content (AvgIpc) is 2.92. The van der Waals surface area contributed by atoms with Gasteiger partial charge in [-0.25, -0.2) is 0 Å². The first kappa shape index (κ1) is 16.7. The van der Waals surface area contributed by atoms with Gasteiger partial charge in [0.2, 0.25) is 5.91 Å². The van der Waals surface area contributed by atoms with Gasteiger partial charge >= 0.3 is 0 Å². The number of aryl methyl sites for hydroxylation is 1. The Balaban J connectivity index is 2.10. The summed E-state index contributed by atoms with van der Waals surface area (Å²) in [6.45, 7) is 1.73. The van der Waals surface area contributed by atoms with E-state index in [1.807, 2.05) is 0 Å². The number of non-ortho nitro benzene ring substituents is 1. The second kappa shape index (κ2) is 7.09. The molecule has 2 rings (SSSR count). The molecule has 0 saturated carbocycles. The maximum absolute atomic E-state index is 12.3. The highest BCUT2D eigenvalue weighted by Gasteiger charge is 2.19. The number of nitrogens with one attached hydrogen (secondary N) is 1. The molecule has 1 aromatic carbocycles. The number of carbonyl (C=O) groups excluding carboxylic acids is 1. The van der Waals surface area contributed by atoms with Gasteiger partial charge in [-0.2, -0.15) is 0 Å². The lowest BCUT2D eigenvalue weighted by Gasteiger charge is -2.13. The summed E-state index contributed by atoms with van der Waals surface area (Å²) in [7, 11) is 3.17. The summed E-state index contributed by atoms with van der Waals surface area (Å²) in [5.74, 6) is -0.0476. The van der Waals surface area contributed by atoms with Crippen LogP contribution in [0.1, 0.15) is 6.92 Å². The van der Waals surface area contributed by atoms with Crippen molar-refractivity contribution in [3.05, 3.63) is 34.6 Å². The quantitative estimate of drug-likeness (QED) is 0.486. The van der Waals surface area contributed by atoms with E-state index >= 15 is 0 Å². The molecule has 0 aliphatic heterocycles. The number of hydrogen-bond donors (Lipinski definition) is 1. The highest BCUT2D eigenvalue weighted by atomic mass is 32.2. The summed E-state index contributed by atoms with van der Waals surface area (Å²) >= 11 is 1.25. The number of nitro groups is 1. The second-order valence-electron chi connectivity index (χ2n) is 4.62. The van der Waals surface area contributed by atoms with Gasteiger partial charge in [-0.1, -0.05) is 11.8 Å². The lowest BCUT2D eigenvalue weighted by molar-refractivity contribution is -0.384. The van der Waals surface area contributed by atoms with Gasteiger partial charge in [0.25, 0.3) is 5.69 Å². The molecule has 2 aromatic rings. The zero-order valence-electron chi connectivity index (χ0n) is 12.7. The fraction of sp³-hybridized carbons (Fsp3) is 0.308. The molecule has 122 valence electrons. The normalized spacial score (nSPS) is 11.8. The zero-order valence-corrected chi connectivity index (χ0v) is 13.5. The Morgan fingerprint density at radius 1 is 1.52 bits per heavy atom. The van der Waals surface area contributed by atoms with Crippen LogP contribution in [0, 0.1) is 10.1 Å². The molecule has 0 aliphatic rings. The standard InChI is InChI=1S/C13H15N5O4S/c1-8(23-13-16-14-7-17(13)2)12(19)15-10-5-4-9(18(20)21)6-11(10)22-3/h4-8H,1-3H3,(H,15,19)/t8-/m1/s1. The maximum atomic E-state index is 12.3. The van der Waals surface area contributed by atoms with Crippen molar-refractivity contribution in [1.29, 1.82) is 0 Å². The molecule has 0 aliphatic carbocycles. The van der Waals surface area contributed by atoms with Crippen LogP contribution in [0.4, 0.5) is 11.4 Å². The van der Waals surface area contributed by atoms with E-state index in [1.54, 1.807) is 24.9 Å². The SMILES string of the molecule is COc1cc([N+](=O)[O-])ccc1NC(=O)[C@@H](C)Sc1nncn1C. The van der Waals surface area contributed by atoms with Crippen molar-refractivity contribution in [2.45, 2.75) is 17.3 Å². The molecule has 0 fully saturated rings. The average molecular weight is 337 g/mol. The van der Waals surface area contributed by atoms with Crippen LogP contribution in [-0.2, 0) is 11.8 Å². The largest absolute Gasteiger partial charge is 0.494 e. The van der Waals surface area contributed by atoms with Gasteiger partial charge in [-0.05, 0) is 13.0 Å². The minimum Gasteiger partial charge on any atom is -0.494 e. The molecule has 23 heavy (non-hydrogen) atoms. The van der Waals surface area contributed by atoms with Gasteiger partial charge in [-0.15, -0.1) is 10.2 Å². The Bertz CT molecular complexity index is 733. The van der Waals surface area contributed by atoms with E-state index in [0.717, 1.165) is 0 Å². The van der Waals surface area contributed by atoms with Crippen molar-refractivity contribution in [3.8, 4) is 5.75 Å². The number of anilines is 1. The molecule has 0 saturated heterocycles. The van der Waals surface area contributed by atoms with E-state index in [1.165, 1.54) is 37.1 Å². The molecule has 1 heterocycles. The summed E-state index contributed by atoms with van der Waals surface area (Å²) in [5.41, 5.74) is 0.259. The topological polar surface area (TPSA) is 112 Å². The number of nitro benzene ring substituents is 1. The molecule has 1 N–H and O–H groups in total. The molecule has 1 atom stereocenters. The number of methoxy groups -OCH3 is 1. The molecule has 0 spiro atoms. The lowest BCUT2D eigenvalue weighted by Crippen LogP contribution is -2.23. The van der Waals surface area contributed by atoms with Crippen LogP contribution in [0.15, 0.2) is 29.7 Å². The number of benzene rings is 1. The van der Waals surface area contributed by atoms with Gasteiger partial charge < -0.3 is 14.6 Å². The van der Waals surface area contributed by atoms with Crippen molar-refractivity contribution in [2.75, 3.05) is 12.4 Å². The molecule has 10 heteroatoms. The Morgan fingerprint density at radius 3 is 2.83 bits per heavy atom. The van der Waals surface area contributed by atoms with Crippen LogP contribution >= 0.6 is 11.8 Å². The predicted octanol–water partition coefficient (Wildman–Crippen LogP) is 1.85. The van der Waals surface area contributed by atoms with Crippen LogP contribution < -0.4 is 10.1 Å². The van der Waals surface area contributed by atoms with Crippen molar-refractivity contribution >= 4 is 29.0 Å². The van der Waals surface area contributed by atoms with E-state index in [9.17, 15) is 14.9 Å². The second-order valence-corrected chi connectivity index (χ2v) is 5.92. The van der Waals surface area contributed by atoms with Gasteiger partial charge in [0, 0.05) is 13.1 Å². The van der Waals surface area contributed by atoms with E-state index in [4.69, 9.17) is 4.74 Å². The summed E-state index contributed by atoms with van der Waals surface area (Å²) < 4.78 is 6.80. The first-order valence-electron chi connectivity index (χ1n) is 6.56. The van der Waals surface area contributed by atoms with Crippen molar-refractivity contribution in [1.82, 2.24) is 14.8 Å². The Labute approximate surface area is 136 Å². The molecule has 0 radical (unpaired) electrons. The van der Waals surface area contributed by atoms with Crippen LogP contribution in [0.5, 0.6) is 5.75 Å². The minimum atomic E-state index is -0.527. The summed E-state index contributed by atoms with van der Waals surface area (Å²) in [4.78, 5) is 22.5. The zero-order chi connectivity index (χ0) is 17.0. The van der Waals surface area contributed by atoms with Crippen molar-refractivity contribution < 1.29 is 14.5 Å². The van der Waals surface area contributed by atoms with Crippen LogP contribution in [0.2, 0.25) is 0 Å². The van der Waals surface area contributed by atoms with Gasteiger partial charge in [0.05, 0.1) is 29.0 Å². The van der Waals surface area contributed by atoms with Gasteiger partial charge in [0.1, 0.15) is 12.1 Å². The number of aromatic nitrogens is 3. The van der Waals surface area contributed by atoms with Crippen LogP contribution in [-0.4, -0.2) is 38.0 Å². The smallest absolute Gasteiger partial charge is 0.273 e. The number of nitrogens with zero attached hydrogens (tertiary/aromatic N) is 4.